The highest BCUT2D eigenvalue weighted by Gasteiger charge is 2.29. The van der Waals surface area contributed by atoms with E-state index in [4.69, 9.17) is 5.73 Å². The van der Waals surface area contributed by atoms with Crippen molar-refractivity contribution in [2.45, 2.75) is 20.0 Å². The predicted octanol–water partition coefficient (Wildman–Crippen LogP) is 5.61. The SMILES string of the molecule is CC.Nc1cccc2c(Nc3ccc(C(F)(F)F)cc3)nccc12. The molecule has 3 rings (SSSR count). The topological polar surface area (TPSA) is 50.9 Å². The van der Waals surface area contributed by atoms with E-state index in [1.807, 2.05) is 19.9 Å². The molecule has 0 fully saturated rings. The van der Waals surface area contributed by atoms with Crippen molar-refractivity contribution < 1.29 is 13.2 Å². The lowest BCUT2D eigenvalue weighted by molar-refractivity contribution is -0.137. The fraction of sp³-hybridized carbons (Fsp3) is 0.167. The van der Waals surface area contributed by atoms with Crippen LogP contribution in [0.2, 0.25) is 0 Å². The smallest absolute Gasteiger partial charge is 0.398 e. The molecule has 0 amide bonds. The molecule has 1 heterocycles. The summed E-state index contributed by atoms with van der Waals surface area (Å²) >= 11 is 0. The molecule has 0 saturated carbocycles. The van der Waals surface area contributed by atoms with Crippen LogP contribution >= 0.6 is 0 Å². The van der Waals surface area contributed by atoms with Gasteiger partial charge in [0, 0.05) is 28.3 Å². The summed E-state index contributed by atoms with van der Waals surface area (Å²) in [4.78, 5) is 4.23. The largest absolute Gasteiger partial charge is 0.416 e. The van der Waals surface area contributed by atoms with Crippen LogP contribution in [0, 0.1) is 0 Å². The van der Waals surface area contributed by atoms with Gasteiger partial charge >= 0.3 is 6.18 Å². The van der Waals surface area contributed by atoms with Crippen LogP contribution in [0.3, 0.4) is 0 Å². The van der Waals surface area contributed by atoms with Crippen molar-refractivity contribution >= 4 is 28.0 Å². The van der Waals surface area contributed by atoms with E-state index in [0.29, 0.717) is 17.2 Å². The van der Waals surface area contributed by atoms with Gasteiger partial charge in [-0.2, -0.15) is 13.2 Å². The summed E-state index contributed by atoms with van der Waals surface area (Å²) in [5, 5.41) is 4.67. The van der Waals surface area contributed by atoms with Crippen LogP contribution in [0.15, 0.2) is 54.7 Å². The van der Waals surface area contributed by atoms with Crippen LogP contribution in [0.1, 0.15) is 19.4 Å². The van der Waals surface area contributed by atoms with Crippen molar-refractivity contribution in [1.29, 1.82) is 0 Å². The van der Waals surface area contributed by atoms with Crippen LogP contribution in [-0.4, -0.2) is 4.98 Å². The first-order valence-corrected chi connectivity index (χ1v) is 7.52. The number of benzene rings is 2. The number of nitrogens with two attached hydrogens (primary N) is 1. The number of alkyl halides is 3. The fourth-order valence-corrected chi connectivity index (χ4v) is 2.21. The minimum absolute atomic E-state index is 0.524. The predicted molar refractivity (Wildman–Crippen MR) is 92.2 cm³/mol. The monoisotopic (exact) mass is 333 g/mol. The zero-order valence-electron chi connectivity index (χ0n) is 13.4. The van der Waals surface area contributed by atoms with Crippen molar-refractivity contribution in [3.8, 4) is 0 Å². The molecule has 0 aliphatic heterocycles. The molecule has 3 aromatic rings. The number of hydrogen-bond acceptors (Lipinski definition) is 3. The summed E-state index contributed by atoms with van der Waals surface area (Å²) < 4.78 is 37.7. The molecule has 0 spiro atoms. The Morgan fingerprint density at radius 1 is 0.917 bits per heavy atom. The van der Waals surface area contributed by atoms with Crippen LogP contribution in [0.25, 0.3) is 10.8 Å². The van der Waals surface area contributed by atoms with Gasteiger partial charge in [-0.05, 0) is 36.4 Å². The molecule has 3 nitrogen and oxygen atoms in total. The molecule has 6 heteroatoms. The number of nitrogens with one attached hydrogen (secondary N) is 1. The average molecular weight is 333 g/mol. The third-order valence-corrected chi connectivity index (χ3v) is 3.31. The van der Waals surface area contributed by atoms with Crippen LogP contribution < -0.4 is 11.1 Å². The number of nitrogens with zero attached hydrogens (tertiary/aromatic N) is 1. The molecule has 0 aliphatic carbocycles. The Hall–Kier alpha value is -2.76. The van der Waals surface area contributed by atoms with Crippen LogP contribution in [0.4, 0.5) is 30.4 Å². The molecule has 126 valence electrons. The third kappa shape index (κ3) is 3.76. The highest BCUT2D eigenvalue weighted by Crippen LogP contribution is 2.31. The molecular weight excluding hydrogens is 315 g/mol. The molecular formula is C18H18F3N3. The normalized spacial score (nSPS) is 10.9. The van der Waals surface area contributed by atoms with E-state index in [1.165, 1.54) is 12.1 Å². The highest BCUT2D eigenvalue weighted by atomic mass is 19.4. The Labute approximate surface area is 138 Å². The highest BCUT2D eigenvalue weighted by molar-refractivity contribution is 5.99. The average Bonchev–Trinajstić information content (AvgIpc) is 2.57. The zero-order valence-corrected chi connectivity index (χ0v) is 13.4. The number of aromatic nitrogens is 1. The van der Waals surface area contributed by atoms with Gasteiger partial charge in [0.05, 0.1) is 5.56 Å². The third-order valence-electron chi connectivity index (χ3n) is 3.31. The van der Waals surface area contributed by atoms with E-state index in [2.05, 4.69) is 10.3 Å². The summed E-state index contributed by atoms with van der Waals surface area (Å²) in [6.07, 6.45) is -2.74. The van der Waals surface area contributed by atoms with Gasteiger partial charge in [-0.15, -0.1) is 0 Å². The molecule has 1 aromatic heterocycles. The Balaban J connectivity index is 0.00000100. The quantitative estimate of drug-likeness (QED) is 0.600. The van der Waals surface area contributed by atoms with E-state index in [-0.39, 0.29) is 0 Å². The van der Waals surface area contributed by atoms with Crippen LogP contribution in [-0.2, 0) is 6.18 Å². The zero-order chi connectivity index (χ0) is 17.7. The lowest BCUT2D eigenvalue weighted by atomic mass is 10.1. The summed E-state index contributed by atoms with van der Waals surface area (Å²) in [5.41, 5.74) is 6.36. The number of fused-ring (bicyclic) bond motifs is 1. The lowest BCUT2D eigenvalue weighted by Crippen LogP contribution is -2.04. The first kappa shape index (κ1) is 17.6. The van der Waals surface area contributed by atoms with E-state index in [1.54, 1.807) is 24.4 Å². The fourth-order valence-electron chi connectivity index (χ4n) is 2.21. The van der Waals surface area contributed by atoms with Gasteiger partial charge < -0.3 is 11.1 Å². The first-order chi connectivity index (χ1) is 11.4. The van der Waals surface area contributed by atoms with E-state index < -0.39 is 11.7 Å². The minimum Gasteiger partial charge on any atom is -0.398 e. The van der Waals surface area contributed by atoms with Crippen molar-refractivity contribution in [3.63, 3.8) is 0 Å². The van der Waals surface area contributed by atoms with Gasteiger partial charge in [-0.1, -0.05) is 26.0 Å². The Kier molecular flexibility index (Phi) is 5.28. The molecule has 24 heavy (non-hydrogen) atoms. The lowest BCUT2D eigenvalue weighted by Gasteiger charge is -2.11. The Morgan fingerprint density at radius 2 is 1.58 bits per heavy atom. The second-order valence-corrected chi connectivity index (χ2v) is 4.80. The number of halogens is 3. The van der Waals surface area contributed by atoms with Gasteiger partial charge in [-0.3, -0.25) is 0 Å². The summed E-state index contributed by atoms with van der Waals surface area (Å²) in [6.45, 7) is 4.00. The molecule has 0 aliphatic rings. The van der Waals surface area contributed by atoms with E-state index >= 15 is 0 Å². The minimum atomic E-state index is -4.34. The Bertz CT molecular complexity index is 812. The van der Waals surface area contributed by atoms with Crippen molar-refractivity contribution in [1.82, 2.24) is 4.98 Å². The standard InChI is InChI=1S/C16H12F3N3.C2H6/c17-16(18,19)10-4-6-11(7-5-10)22-15-13-2-1-3-14(20)12(13)8-9-21-15;1-2/h1-9H,20H2,(H,21,22);1-2H3. The van der Waals surface area contributed by atoms with Crippen molar-refractivity contribution in [2.24, 2.45) is 0 Å². The number of anilines is 3. The van der Waals surface area contributed by atoms with Crippen molar-refractivity contribution in [2.75, 3.05) is 11.1 Å². The molecule has 0 unspecified atom stereocenters. The van der Waals surface area contributed by atoms with Gasteiger partial charge in [0.1, 0.15) is 5.82 Å². The second-order valence-electron chi connectivity index (χ2n) is 4.80. The maximum atomic E-state index is 12.6. The number of hydrogen-bond donors (Lipinski definition) is 2. The maximum Gasteiger partial charge on any atom is 0.416 e. The van der Waals surface area contributed by atoms with Gasteiger partial charge in [-0.25, -0.2) is 4.98 Å². The molecule has 0 atom stereocenters. The molecule has 0 bridgehead atoms. The van der Waals surface area contributed by atoms with Gasteiger partial charge in [0.2, 0.25) is 0 Å². The number of pyridine rings is 1. The van der Waals surface area contributed by atoms with Crippen LogP contribution in [0.5, 0.6) is 0 Å². The number of rotatable bonds is 2. The Morgan fingerprint density at radius 3 is 2.21 bits per heavy atom. The molecule has 2 aromatic carbocycles. The van der Waals surface area contributed by atoms with Crippen molar-refractivity contribution in [3.05, 3.63) is 60.3 Å². The number of nitrogen functional groups attached to an aromatic ring is 1. The first-order valence-electron chi connectivity index (χ1n) is 7.52. The summed E-state index contributed by atoms with van der Waals surface area (Å²) in [7, 11) is 0. The molecule has 3 N–H and O–H groups in total. The second kappa shape index (κ2) is 7.21. The van der Waals surface area contributed by atoms with Gasteiger partial charge in [0.15, 0.2) is 0 Å². The molecule has 0 saturated heterocycles. The van der Waals surface area contributed by atoms with Gasteiger partial charge in [0.25, 0.3) is 0 Å². The van der Waals surface area contributed by atoms with E-state index in [9.17, 15) is 13.2 Å². The maximum absolute atomic E-state index is 12.6. The summed E-state index contributed by atoms with van der Waals surface area (Å²) in [6, 6.07) is 12.0. The van der Waals surface area contributed by atoms with E-state index in [0.717, 1.165) is 22.9 Å². The summed E-state index contributed by atoms with van der Waals surface area (Å²) in [5.74, 6) is 0.546. The molecule has 0 radical (unpaired) electrons.